The van der Waals surface area contributed by atoms with Crippen LogP contribution in [0.5, 0.6) is 11.5 Å². The van der Waals surface area contributed by atoms with E-state index in [4.69, 9.17) is 21.7 Å². The Balaban J connectivity index is 1.28. The maximum atomic E-state index is 12.9. The number of anilines is 1. The molecule has 0 atom stereocenters. The first-order valence-corrected chi connectivity index (χ1v) is 14.0. The number of hydrogen-bond donors (Lipinski definition) is 3. The lowest BCUT2D eigenvalue weighted by Gasteiger charge is -2.14. The summed E-state index contributed by atoms with van der Waals surface area (Å²) in [6.07, 6.45) is 0. The summed E-state index contributed by atoms with van der Waals surface area (Å²) in [6, 6.07) is 31.5. The molecule has 10 heteroatoms. The predicted molar refractivity (Wildman–Crippen MR) is 154 cm³/mol. The number of carbonyl (C=O) groups is 1. The van der Waals surface area contributed by atoms with Crippen molar-refractivity contribution >= 4 is 38.9 Å². The fraction of sp³-hybridized carbons (Fsp3) is 0.103. The first kappa shape index (κ1) is 27.8. The summed E-state index contributed by atoms with van der Waals surface area (Å²) in [4.78, 5) is 13.0. The number of nitrogens with one attached hydrogen (secondary N) is 3. The summed E-state index contributed by atoms with van der Waals surface area (Å²) in [7, 11) is -3.69. The van der Waals surface area contributed by atoms with E-state index in [0.29, 0.717) is 23.6 Å². The van der Waals surface area contributed by atoms with Crippen LogP contribution in [0.4, 0.5) is 5.69 Å². The second-order valence-electron chi connectivity index (χ2n) is 8.25. The van der Waals surface area contributed by atoms with Crippen molar-refractivity contribution in [2.75, 3.05) is 18.5 Å². The smallest absolute Gasteiger partial charge is 0.261 e. The molecule has 0 radical (unpaired) electrons. The first-order chi connectivity index (χ1) is 18.9. The lowest BCUT2D eigenvalue weighted by atomic mass is 10.2. The van der Waals surface area contributed by atoms with Gasteiger partial charge in [0.15, 0.2) is 5.11 Å². The minimum atomic E-state index is -3.69. The molecule has 4 aromatic carbocycles. The molecule has 200 valence electrons. The standard InChI is InChI=1S/C29H27N3O5S2/c33-28(26-13-7-8-14-27(26)37-20-19-36-24-11-5-2-6-12-24)32-29(38)31-23-15-17-25(18-16-23)39(34,35)30-21-22-9-3-1-4-10-22/h1-18,30H,19-21H2,(H2,31,32,33,38). The Morgan fingerprint density at radius 1 is 0.744 bits per heavy atom. The molecule has 8 nitrogen and oxygen atoms in total. The van der Waals surface area contributed by atoms with Crippen LogP contribution in [-0.2, 0) is 16.6 Å². The van der Waals surface area contributed by atoms with Crippen LogP contribution in [0.3, 0.4) is 0 Å². The normalized spacial score (nSPS) is 10.9. The second kappa shape index (κ2) is 13.5. The van der Waals surface area contributed by atoms with Crippen molar-refractivity contribution < 1.29 is 22.7 Å². The van der Waals surface area contributed by atoms with Gasteiger partial charge in [-0.3, -0.25) is 10.1 Å². The zero-order chi connectivity index (χ0) is 27.5. The molecule has 0 saturated heterocycles. The fourth-order valence-corrected chi connectivity index (χ4v) is 4.74. The minimum Gasteiger partial charge on any atom is -0.490 e. The van der Waals surface area contributed by atoms with E-state index < -0.39 is 15.9 Å². The Labute approximate surface area is 233 Å². The number of amides is 1. The highest BCUT2D eigenvalue weighted by molar-refractivity contribution is 7.89. The van der Waals surface area contributed by atoms with Gasteiger partial charge in [-0.15, -0.1) is 0 Å². The molecule has 1 amide bonds. The van der Waals surface area contributed by atoms with Crippen LogP contribution >= 0.6 is 12.2 Å². The molecule has 4 aromatic rings. The van der Waals surface area contributed by atoms with Gasteiger partial charge < -0.3 is 14.8 Å². The summed E-state index contributed by atoms with van der Waals surface area (Å²) >= 11 is 5.28. The molecule has 0 bridgehead atoms. The molecular formula is C29H27N3O5S2. The zero-order valence-electron chi connectivity index (χ0n) is 20.9. The Kier molecular flexibility index (Phi) is 9.63. The molecule has 0 saturated carbocycles. The molecule has 0 unspecified atom stereocenters. The molecule has 0 aliphatic rings. The van der Waals surface area contributed by atoms with Crippen molar-refractivity contribution in [1.82, 2.24) is 10.0 Å². The van der Waals surface area contributed by atoms with E-state index in [-0.39, 0.29) is 23.2 Å². The monoisotopic (exact) mass is 561 g/mol. The number of benzene rings is 4. The van der Waals surface area contributed by atoms with Gasteiger partial charge in [0.25, 0.3) is 5.91 Å². The van der Waals surface area contributed by atoms with E-state index >= 15 is 0 Å². The molecular weight excluding hydrogens is 534 g/mol. The Morgan fingerprint density at radius 2 is 1.36 bits per heavy atom. The molecule has 4 rings (SSSR count). The number of sulfonamides is 1. The average Bonchev–Trinajstić information content (AvgIpc) is 2.96. The molecule has 39 heavy (non-hydrogen) atoms. The van der Waals surface area contributed by atoms with Crippen LogP contribution in [0, 0.1) is 0 Å². The van der Waals surface area contributed by atoms with E-state index in [1.54, 1.807) is 36.4 Å². The third kappa shape index (κ3) is 8.37. The summed E-state index contributed by atoms with van der Waals surface area (Å²) in [5, 5.41) is 5.57. The second-order valence-corrected chi connectivity index (χ2v) is 10.4. The van der Waals surface area contributed by atoms with Crippen LogP contribution in [0.2, 0.25) is 0 Å². The highest BCUT2D eigenvalue weighted by Crippen LogP contribution is 2.19. The van der Waals surface area contributed by atoms with E-state index in [1.165, 1.54) is 12.1 Å². The van der Waals surface area contributed by atoms with Gasteiger partial charge in [0.1, 0.15) is 24.7 Å². The van der Waals surface area contributed by atoms with Gasteiger partial charge in [-0.2, -0.15) is 0 Å². The van der Waals surface area contributed by atoms with E-state index in [2.05, 4.69) is 15.4 Å². The Bertz CT molecular complexity index is 1500. The topological polar surface area (TPSA) is 106 Å². The molecule has 0 aliphatic heterocycles. The van der Waals surface area contributed by atoms with Crippen LogP contribution in [0.1, 0.15) is 15.9 Å². The minimum absolute atomic E-state index is 0.0556. The zero-order valence-corrected chi connectivity index (χ0v) is 22.5. The SMILES string of the molecule is O=C(NC(=S)Nc1ccc(S(=O)(=O)NCc2ccccc2)cc1)c1ccccc1OCCOc1ccccc1. The molecule has 0 spiro atoms. The number of para-hydroxylation sites is 2. The predicted octanol–water partition coefficient (Wildman–Crippen LogP) is 4.75. The van der Waals surface area contributed by atoms with Gasteiger partial charge >= 0.3 is 0 Å². The van der Waals surface area contributed by atoms with Crippen molar-refractivity contribution in [3.05, 3.63) is 120 Å². The first-order valence-electron chi connectivity index (χ1n) is 12.1. The lowest BCUT2D eigenvalue weighted by molar-refractivity contribution is 0.0972. The van der Waals surface area contributed by atoms with Gasteiger partial charge in [0.05, 0.1) is 10.5 Å². The van der Waals surface area contributed by atoms with Crippen LogP contribution in [0.15, 0.2) is 114 Å². The third-order valence-corrected chi connectivity index (χ3v) is 7.06. The van der Waals surface area contributed by atoms with E-state index in [1.807, 2.05) is 60.7 Å². The maximum Gasteiger partial charge on any atom is 0.261 e. The maximum absolute atomic E-state index is 12.9. The van der Waals surface area contributed by atoms with Crippen molar-refractivity contribution in [3.63, 3.8) is 0 Å². The van der Waals surface area contributed by atoms with Gasteiger partial charge in [0, 0.05) is 12.2 Å². The van der Waals surface area contributed by atoms with Crippen molar-refractivity contribution in [3.8, 4) is 11.5 Å². The summed E-state index contributed by atoms with van der Waals surface area (Å²) < 4.78 is 39.2. The van der Waals surface area contributed by atoms with Crippen LogP contribution in [0.25, 0.3) is 0 Å². The van der Waals surface area contributed by atoms with Gasteiger partial charge in [-0.25, -0.2) is 13.1 Å². The van der Waals surface area contributed by atoms with Crippen LogP contribution in [-0.4, -0.2) is 32.7 Å². The molecule has 0 heterocycles. The fourth-order valence-electron chi connectivity index (χ4n) is 3.52. The number of ether oxygens (including phenoxy) is 2. The number of carbonyl (C=O) groups excluding carboxylic acids is 1. The van der Waals surface area contributed by atoms with E-state index in [0.717, 1.165) is 11.3 Å². The average molecular weight is 562 g/mol. The highest BCUT2D eigenvalue weighted by Gasteiger charge is 2.16. The van der Waals surface area contributed by atoms with Crippen molar-refractivity contribution in [2.45, 2.75) is 11.4 Å². The van der Waals surface area contributed by atoms with Crippen LogP contribution < -0.4 is 24.8 Å². The van der Waals surface area contributed by atoms with E-state index in [9.17, 15) is 13.2 Å². The molecule has 0 aliphatic carbocycles. The third-order valence-electron chi connectivity index (χ3n) is 5.44. The summed E-state index contributed by atoms with van der Waals surface area (Å²) in [5.74, 6) is 0.682. The molecule has 0 fully saturated rings. The Morgan fingerprint density at radius 3 is 2.08 bits per heavy atom. The van der Waals surface area contributed by atoms with Gasteiger partial charge in [-0.1, -0.05) is 60.7 Å². The summed E-state index contributed by atoms with van der Waals surface area (Å²) in [5.41, 5.74) is 1.69. The highest BCUT2D eigenvalue weighted by atomic mass is 32.2. The largest absolute Gasteiger partial charge is 0.490 e. The van der Waals surface area contributed by atoms with Crippen molar-refractivity contribution in [1.29, 1.82) is 0 Å². The lowest BCUT2D eigenvalue weighted by Crippen LogP contribution is -2.34. The van der Waals surface area contributed by atoms with Gasteiger partial charge in [-0.05, 0) is 66.3 Å². The van der Waals surface area contributed by atoms with Gasteiger partial charge in [0.2, 0.25) is 10.0 Å². The number of rotatable bonds is 11. The molecule has 3 N–H and O–H groups in total. The molecule has 0 aromatic heterocycles. The number of thiocarbonyl (C=S) groups is 1. The Hall–Kier alpha value is -4.25. The quantitative estimate of drug-likeness (QED) is 0.179. The summed E-state index contributed by atoms with van der Waals surface area (Å²) in [6.45, 7) is 0.745. The van der Waals surface area contributed by atoms with Crippen molar-refractivity contribution in [2.24, 2.45) is 0 Å². The number of hydrogen-bond acceptors (Lipinski definition) is 6.